The van der Waals surface area contributed by atoms with Crippen molar-refractivity contribution in [1.29, 1.82) is 5.26 Å². The molecule has 0 bridgehead atoms. The number of rotatable bonds is 6. The van der Waals surface area contributed by atoms with Gasteiger partial charge >= 0.3 is 6.03 Å². The Kier molecular flexibility index (Phi) is 6.12. The lowest BCUT2D eigenvalue weighted by Crippen LogP contribution is -2.30. The lowest BCUT2D eigenvalue weighted by Gasteiger charge is -2.11. The number of carbonyl (C=O) groups is 2. The van der Waals surface area contributed by atoms with Crippen LogP contribution >= 0.6 is 0 Å². The van der Waals surface area contributed by atoms with Gasteiger partial charge in [0.05, 0.1) is 40.0 Å². The molecule has 2 heterocycles. The molecule has 1 aliphatic rings. The summed E-state index contributed by atoms with van der Waals surface area (Å²) in [5.41, 5.74) is 1.92. The summed E-state index contributed by atoms with van der Waals surface area (Å²) in [4.78, 5) is 50.7. The molecule has 4 aromatic rings. The third-order valence-corrected chi connectivity index (χ3v) is 5.98. The van der Waals surface area contributed by atoms with Crippen molar-refractivity contribution >= 4 is 23.7 Å². The van der Waals surface area contributed by atoms with Crippen molar-refractivity contribution in [2.45, 2.75) is 6.54 Å². The SMILES string of the molecule is N#Cc1ccc(CN2C(=O)N/C(=C\c3c(-c4ccccc4)[nH]n(-c4ccc([N+](=O)[O-])cc4)c3=O)C2=O)cc1. The lowest BCUT2D eigenvalue weighted by atomic mass is 10.1. The minimum absolute atomic E-state index is 0.0145. The summed E-state index contributed by atoms with van der Waals surface area (Å²) < 4.78 is 1.22. The van der Waals surface area contributed by atoms with Crippen molar-refractivity contribution in [2.75, 3.05) is 0 Å². The number of carbonyl (C=O) groups excluding carboxylic acids is 2. The molecule has 11 nitrogen and oxygen atoms in total. The van der Waals surface area contributed by atoms with Crippen LogP contribution in [0.1, 0.15) is 16.7 Å². The highest BCUT2D eigenvalue weighted by atomic mass is 16.6. The van der Waals surface area contributed by atoms with Gasteiger partial charge in [0.15, 0.2) is 0 Å². The van der Waals surface area contributed by atoms with Crippen molar-refractivity contribution in [2.24, 2.45) is 0 Å². The first-order valence-corrected chi connectivity index (χ1v) is 11.3. The number of nitrogens with zero attached hydrogens (tertiary/aromatic N) is 4. The second-order valence-corrected chi connectivity index (χ2v) is 8.37. The van der Waals surface area contributed by atoms with Crippen LogP contribution in [0.5, 0.6) is 0 Å². The summed E-state index contributed by atoms with van der Waals surface area (Å²) in [6, 6.07) is 22.2. The number of nitro benzene ring substituents is 1. The number of nitrogens with one attached hydrogen (secondary N) is 2. The Morgan fingerprint density at radius 3 is 2.26 bits per heavy atom. The predicted molar refractivity (Wildman–Crippen MR) is 137 cm³/mol. The fourth-order valence-electron chi connectivity index (χ4n) is 4.04. The van der Waals surface area contributed by atoms with Crippen LogP contribution in [0.15, 0.2) is 89.4 Å². The normalized spacial score (nSPS) is 14.0. The van der Waals surface area contributed by atoms with E-state index in [1.807, 2.05) is 12.1 Å². The zero-order valence-corrected chi connectivity index (χ0v) is 19.6. The molecule has 1 aliphatic heterocycles. The first-order valence-electron chi connectivity index (χ1n) is 11.3. The van der Waals surface area contributed by atoms with Gasteiger partial charge in [-0.2, -0.15) is 5.26 Å². The van der Waals surface area contributed by atoms with Crippen molar-refractivity contribution < 1.29 is 14.5 Å². The van der Waals surface area contributed by atoms with E-state index in [9.17, 15) is 24.5 Å². The van der Waals surface area contributed by atoms with Crippen LogP contribution in [-0.2, 0) is 11.3 Å². The van der Waals surface area contributed by atoms with E-state index in [2.05, 4.69) is 10.4 Å². The van der Waals surface area contributed by atoms with Crippen LogP contribution in [-0.4, -0.2) is 31.5 Å². The van der Waals surface area contributed by atoms with Gasteiger partial charge in [0.2, 0.25) is 0 Å². The molecule has 0 atom stereocenters. The van der Waals surface area contributed by atoms with Gasteiger partial charge < -0.3 is 5.32 Å². The number of aromatic nitrogens is 2. The minimum atomic E-state index is -0.641. The lowest BCUT2D eigenvalue weighted by molar-refractivity contribution is -0.384. The van der Waals surface area contributed by atoms with E-state index in [1.54, 1.807) is 48.5 Å². The molecule has 5 rings (SSSR count). The number of amides is 3. The zero-order chi connectivity index (χ0) is 26.8. The topological polar surface area (TPSA) is 154 Å². The second-order valence-electron chi connectivity index (χ2n) is 8.37. The summed E-state index contributed by atoms with van der Waals surface area (Å²) in [6.07, 6.45) is 1.32. The molecule has 1 aromatic heterocycles. The van der Waals surface area contributed by atoms with E-state index in [0.717, 1.165) is 4.90 Å². The van der Waals surface area contributed by atoms with Crippen LogP contribution in [0, 0.1) is 21.4 Å². The maximum atomic E-state index is 13.5. The van der Waals surface area contributed by atoms with Gasteiger partial charge in [-0.1, -0.05) is 42.5 Å². The summed E-state index contributed by atoms with van der Waals surface area (Å²) in [5, 5.41) is 25.5. The van der Waals surface area contributed by atoms with Gasteiger partial charge in [-0.05, 0) is 35.9 Å². The Balaban J connectivity index is 1.54. The van der Waals surface area contributed by atoms with E-state index in [1.165, 1.54) is 35.0 Å². The maximum absolute atomic E-state index is 13.5. The molecule has 38 heavy (non-hydrogen) atoms. The Bertz CT molecular complexity index is 1690. The molecule has 3 aromatic carbocycles. The highest BCUT2D eigenvalue weighted by Crippen LogP contribution is 2.25. The maximum Gasteiger partial charge on any atom is 0.329 e. The standard InChI is InChI=1S/C27H18N6O5/c28-15-17-6-8-18(9-7-17)16-31-26(35)23(29-27(31)36)14-22-24(19-4-2-1-3-5-19)30-32(25(22)34)20-10-12-21(13-11-20)33(37)38/h1-14,30H,16H2,(H,29,36)/b23-14-. The predicted octanol–water partition coefficient (Wildman–Crippen LogP) is 3.71. The third kappa shape index (κ3) is 4.45. The van der Waals surface area contributed by atoms with Crippen molar-refractivity contribution in [3.8, 4) is 23.0 Å². The molecular formula is C27H18N6O5. The van der Waals surface area contributed by atoms with Crippen molar-refractivity contribution in [3.05, 3.63) is 122 Å². The van der Waals surface area contributed by atoms with E-state index < -0.39 is 22.4 Å². The number of non-ortho nitro benzene ring substituents is 1. The number of benzene rings is 3. The van der Waals surface area contributed by atoms with E-state index in [4.69, 9.17) is 5.26 Å². The molecule has 2 N–H and O–H groups in total. The second kappa shape index (κ2) is 9.71. The quantitative estimate of drug-likeness (QED) is 0.176. The average molecular weight is 506 g/mol. The van der Waals surface area contributed by atoms with E-state index in [0.29, 0.717) is 28.1 Å². The molecule has 186 valence electrons. The van der Waals surface area contributed by atoms with Gasteiger partial charge in [0.25, 0.3) is 17.2 Å². The molecule has 1 fully saturated rings. The van der Waals surface area contributed by atoms with Crippen LogP contribution < -0.4 is 10.9 Å². The molecular weight excluding hydrogens is 488 g/mol. The Morgan fingerprint density at radius 1 is 0.947 bits per heavy atom. The summed E-state index contributed by atoms with van der Waals surface area (Å²) in [6.45, 7) is -0.0145. The smallest absolute Gasteiger partial charge is 0.303 e. The Labute approximate surface area is 215 Å². The zero-order valence-electron chi connectivity index (χ0n) is 19.6. The molecule has 0 spiro atoms. The number of imide groups is 1. The number of hydrogen-bond acceptors (Lipinski definition) is 6. The van der Waals surface area contributed by atoms with Crippen LogP contribution in [0.3, 0.4) is 0 Å². The third-order valence-electron chi connectivity index (χ3n) is 5.98. The Morgan fingerprint density at radius 2 is 1.63 bits per heavy atom. The number of nitriles is 1. The summed E-state index contributed by atoms with van der Waals surface area (Å²) >= 11 is 0. The Hall–Kier alpha value is -5.76. The van der Waals surface area contributed by atoms with E-state index in [-0.39, 0.29) is 23.5 Å². The first-order chi connectivity index (χ1) is 18.4. The highest BCUT2D eigenvalue weighted by Gasteiger charge is 2.34. The molecule has 0 radical (unpaired) electrons. The van der Waals surface area contributed by atoms with Gasteiger partial charge in [0.1, 0.15) is 5.70 Å². The molecule has 0 saturated carbocycles. The molecule has 11 heteroatoms. The number of H-pyrrole nitrogens is 1. The fourth-order valence-corrected chi connectivity index (χ4v) is 4.04. The van der Waals surface area contributed by atoms with Gasteiger partial charge in [-0.25, -0.2) is 9.48 Å². The first kappa shape index (κ1) is 24.0. The van der Waals surface area contributed by atoms with Crippen LogP contribution in [0.2, 0.25) is 0 Å². The molecule has 1 saturated heterocycles. The van der Waals surface area contributed by atoms with Gasteiger partial charge in [-0.3, -0.25) is 29.7 Å². The van der Waals surface area contributed by atoms with Crippen LogP contribution in [0.25, 0.3) is 23.0 Å². The molecule has 0 unspecified atom stereocenters. The van der Waals surface area contributed by atoms with Gasteiger partial charge in [-0.15, -0.1) is 0 Å². The molecule has 0 aliphatic carbocycles. The van der Waals surface area contributed by atoms with Crippen molar-refractivity contribution in [1.82, 2.24) is 20.0 Å². The largest absolute Gasteiger partial charge is 0.329 e. The monoisotopic (exact) mass is 506 g/mol. The summed E-state index contributed by atoms with van der Waals surface area (Å²) in [7, 11) is 0. The number of urea groups is 1. The average Bonchev–Trinajstić information content (AvgIpc) is 3.40. The summed E-state index contributed by atoms with van der Waals surface area (Å²) in [5.74, 6) is -0.610. The number of aromatic amines is 1. The van der Waals surface area contributed by atoms with Gasteiger partial charge in [0, 0.05) is 17.7 Å². The van der Waals surface area contributed by atoms with Crippen LogP contribution in [0.4, 0.5) is 10.5 Å². The fraction of sp³-hybridized carbons (Fsp3) is 0.0370. The number of nitro groups is 1. The van der Waals surface area contributed by atoms with E-state index >= 15 is 0 Å². The highest BCUT2D eigenvalue weighted by molar-refractivity contribution is 6.14. The number of hydrogen-bond donors (Lipinski definition) is 2. The van der Waals surface area contributed by atoms with Crippen molar-refractivity contribution in [3.63, 3.8) is 0 Å². The molecule has 3 amide bonds. The minimum Gasteiger partial charge on any atom is -0.303 e.